The maximum absolute atomic E-state index is 13.1. The summed E-state index contributed by atoms with van der Waals surface area (Å²) in [7, 11) is 0. The van der Waals surface area contributed by atoms with Gasteiger partial charge in [0.2, 0.25) is 0 Å². The predicted octanol–water partition coefficient (Wildman–Crippen LogP) is -3.23. The minimum absolute atomic E-state index is 0. The summed E-state index contributed by atoms with van der Waals surface area (Å²) in [5, 5.41) is 0. The van der Waals surface area contributed by atoms with Crippen LogP contribution in [-0.2, 0) is 21.7 Å². The number of benzene rings is 1. The van der Waals surface area contributed by atoms with E-state index in [4.69, 9.17) is 0 Å². The molecule has 0 saturated carbocycles. The van der Waals surface area contributed by atoms with Crippen molar-refractivity contribution in [2.75, 3.05) is 0 Å². The molecular weight excluding hydrogens is 291 g/mol. The number of nitrogens with one attached hydrogen (secondary N) is 1. The predicted molar refractivity (Wildman–Crippen MR) is 45.0 cm³/mol. The van der Waals surface area contributed by atoms with Gasteiger partial charge in [0.15, 0.2) is 0 Å². The van der Waals surface area contributed by atoms with Gasteiger partial charge in [-0.3, -0.25) is 0 Å². The van der Waals surface area contributed by atoms with Gasteiger partial charge in [-0.2, -0.15) is 6.07 Å². The van der Waals surface area contributed by atoms with Crippen LogP contribution < -0.4 is 24.8 Å². The molecule has 0 unspecified atom stereocenters. The van der Waals surface area contributed by atoms with Crippen LogP contribution >= 0.6 is 0 Å². The molecular formula is C10H6Cl2F2NTi. The van der Waals surface area contributed by atoms with Gasteiger partial charge in [0.1, 0.15) is 0 Å². The first kappa shape index (κ1) is 18.0. The first-order valence-corrected chi connectivity index (χ1v) is 3.78. The molecule has 0 fully saturated rings. The summed E-state index contributed by atoms with van der Waals surface area (Å²) >= 11 is 0. The number of hydrogen-bond acceptors (Lipinski definition) is 0. The Morgan fingerprint density at radius 1 is 1.06 bits per heavy atom. The van der Waals surface area contributed by atoms with Gasteiger partial charge < -0.3 is 29.8 Å². The summed E-state index contributed by atoms with van der Waals surface area (Å²) in [6.45, 7) is 0. The molecule has 0 amide bonds. The Morgan fingerprint density at radius 2 is 1.75 bits per heavy atom. The van der Waals surface area contributed by atoms with Crippen molar-refractivity contribution in [2.45, 2.75) is 0 Å². The van der Waals surface area contributed by atoms with E-state index in [-0.39, 0.29) is 46.5 Å². The molecule has 2 rings (SSSR count). The summed E-state index contributed by atoms with van der Waals surface area (Å²) in [6.07, 6.45) is 1.68. The molecule has 0 atom stereocenters. The van der Waals surface area contributed by atoms with Crippen LogP contribution in [0.4, 0.5) is 8.78 Å². The summed E-state index contributed by atoms with van der Waals surface area (Å²) in [5.41, 5.74) is 0.945. The van der Waals surface area contributed by atoms with Crippen molar-refractivity contribution in [3.63, 3.8) is 0 Å². The summed E-state index contributed by atoms with van der Waals surface area (Å²) < 4.78 is 25.6. The average molecular weight is 297 g/mol. The molecule has 0 spiro atoms. The Balaban J connectivity index is 0. The largest absolute Gasteiger partial charge is 3.00 e. The topological polar surface area (TPSA) is 15.8 Å². The number of rotatable bonds is 1. The fourth-order valence-electron chi connectivity index (χ4n) is 1.15. The zero-order valence-corrected chi connectivity index (χ0v) is 11.0. The fraction of sp³-hybridized carbons (Fsp3) is 0. The Labute approximate surface area is 119 Å². The Bertz CT molecular complexity index is 421. The summed E-state index contributed by atoms with van der Waals surface area (Å²) in [5.74, 6) is -1.37. The molecule has 16 heavy (non-hydrogen) atoms. The summed E-state index contributed by atoms with van der Waals surface area (Å²) in [6, 6.07) is 8.00. The van der Waals surface area contributed by atoms with E-state index in [0.717, 1.165) is 0 Å². The number of aromatic nitrogens is 1. The van der Waals surface area contributed by atoms with Crippen LogP contribution in [0.5, 0.6) is 0 Å². The van der Waals surface area contributed by atoms with E-state index in [1.165, 1.54) is 12.1 Å². The van der Waals surface area contributed by atoms with Crippen LogP contribution in [-0.4, -0.2) is 4.98 Å². The second-order valence-corrected chi connectivity index (χ2v) is 2.62. The van der Waals surface area contributed by atoms with Crippen molar-refractivity contribution in [1.82, 2.24) is 4.98 Å². The van der Waals surface area contributed by atoms with E-state index in [2.05, 4.69) is 4.98 Å². The fourth-order valence-corrected chi connectivity index (χ4v) is 1.15. The smallest absolute Gasteiger partial charge is 1.00 e. The molecule has 1 aromatic heterocycles. The number of aromatic amines is 1. The molecule has 0 aliphatic carbocycles. The first-order valence-electron chi connectivity index (χ1n) is 3.78. The van der Waals surface area contributed by atoms with Gasteiger partial charge in [-0.15, -0.1) is 12.1 Å². The van der Waals surface area contributed by atoms with Crippen LogP contribution in [0.2, 0.25) is 0 Å². The Kier molecular flexibility index (Phi) is 8.85. The average Bonchev–Trinajstić information content (AvgIpc) is 2.56. The minimum atomic E-state index is -0.687. The van der Waals surface area contributed by atoms with Gasteiger partial charge in [0.25, 0.3) is 0 Å². The van der Waals surface area contributed by atoms with E-state index in [1.807, 2.05) is 6.07 Å². The second kappa shape index (κ2) is 7.85. The third-order valence-electron chi connectivity index (χ3n) is 1.75. The minimum Gasteiger partial charge on any atom is -1.00 e. The van der Waals surface area contributed by atoms with Gasteiger partial charge in [0.05, 0.1) is 0 Å². The molecule has 1 aromatic carbocycles. The molecule has 83 valence electrons. The van der Waals surface area contributed by atoms with E-state index >= 15 is 0 Å². The summed E-state index contributed by atoms with van der Waals surface area (Å²) in [4.78, 5) is 2.83. The quantitative estimate of drug-likeness (QED) is 0.421. The van der Waals surface area contributed by atoms with Gasteiger partial charge >= 0.3 is 21.7 Å². The van der Waals surface area contributed by atoms with Gasteiger partial charge in [-0.05, 0) is 17.8 Å². The van der Waals surface area contributed by atoms with Crippen molar-refractivity contribution in [1.29, 1.82) is 0 Å². The zero-order chi connectivity index (χ0) is 9.26. The van der Waals surface area contributed by atoms with Crippen molar-refractivity contribution < 1.29 is 55.3 Å². The van der Waals surface area contributed by atoms with Crippen molar-refractivity contribution >= 4 is 0 Å². The zero-order valence-electron chi connectivity index (χ0n) is 7.90. The molecule has 2 aromatic rings. The molecule has 1 nitrogen and oxygen atoms in total. The first-order chi connectivity index (χ1) is 6.27. The monoisotopic (exact) mass is 296 g/mol. The second-order valence-electron chi connectivity index (χ2n) is 2.62. The maximum Gasteiger partial charge on any atom is 3.00 e. The van der Waals surface area contributed by atoms with Gasteiger partial charge in [0, 0.05) is 17.8 Å². The van der Waals surface area contributed by atoms with E-state index in [1.54, 1.807) is 18.3 Å². The van der Waals surface area contributed by atoms with Crippen LogP contribution in [0.3, 0.4) is 0 Å². The molecule has 1 N–H and O–H groups in total. The maximum atomic E-state index is 13.1. The van der Waals surface area contributed by atoms with E-state index in [9.17, 15) is 8.78 Å². The molecule has 6 heteroatoms. The molecule has 0 bridgehead atoms. The van der Waals surface area contributed by atoms with Crippen LogP contribution in [0.1, 0.15) is 0 Å². The van der Waals surface area contributed by atoms with E-state index in [0.29, 0.717) is 11.3 Å². The molecule has 0 aliphatic rings. The number of hydrogen-bond donors (Lipinski definition) is 1. The normalized spacial score (nSPS) is 8.38. The molecule has 1 heterocycles. The molecule has 0 aliphatic heterocycles. The SMILES string of the molecule is Fc1[c-]c(F)c(-c2ccc[nH]2)cc1.[Cl-].[Cl-].[Ti+3]. The van der Waals surface area contributed by atoms with Crippen molar-refractivity contribution in [3.05, 3.63) is 48.2 Å². The van der Waals surface area contributed by atoms with Gasteiger partial charge in [-0.1, -0.05) is 5.56 Å². The Hall–Kier alpha value is -0.346. The number of H-pyrrole nitrogens is 1. The third-order valence-corrected chi connectivity index (χ3v) is 1.75. The molecule has 1 radical (unpaired) electrons. The molecule has 0 saturated heterocycles. The van der Waals surface area contributed by atoms with E-state index < -0.39 is 11.6 Å². The van der Waals surface area contributed by atoms with Gasteiger partial charge in [-0.25, -0.2) is 8.78 Å². The Morgan fingerprint density at radius 3 is 2.25 bits per heavy atom. The van der Waals surface area contributed by atoms with Crippen molar-refractivity contribution in [3.8, 4) is 11.3 Å². The van der Waals surface area contributed by atoms with Crippen LogP contribution in [0.25, 0.3) is 11.3 Å². The third kappa shape index (κ3) is 3.91. The number of halogens is 4. The van der Waals surface area contributed by atoms with Crippen LogP contribution in [0.15, 0.2) is 30.5 Å². The standard InChI is InChI=1S/C10H6F2N.2ClH.Ti/c11-7-3-4-8(9(12)6-7)10-2-1-5-13-10;;;/h1-5,13H;2*1H;/q-1;;;+3/p-2. The van der Waals surface area contributed by atoms with Crippen LogP contribution in [0, 0.1) is 17.7 Å². The van der Waals surface area contributed by atoms with Crippen molar-refractivity contribution in [2.24, 2.45) is 0 Å².